The lowest BCUT2D eigenvalue weighted by molar-refractivity contribution is -0.133. The lowest BCUT2D eigenvalue weighted by atomic mass is 10.3. The number of amides is 2. The second kappa shape index (κ2) is 9.96. The van der Waals surface area contributed by atoms with Crippen LogP contribution in [0.15, 0.2) is 54.6 Å². The van der Waals surface area contributed by atoms with Gasteiger partial charge in [0.15, 0.2) is 24.3 Å². The van der Waals surface area contributed by atoms with Crippen molar-refractivity contribution in [2.75, 3.05) is 0 Å². The highest BCUT2D eigenvalue weighted by Gasteiger charge is 2.17. The molecule has 0 aliphatic rings. The standard InChI is InChI=1S/C19H19FN6O4/c1-13(30-16-10-6-5-9-15(16)20)19(28)23-22-18(27)11-26-24-17(21-25-26)12-29-14-7-3-2-4-8-14/h2-10,13H,11-12H2,1H3,(H,22,27)(H,23,28)/t13-/m0/s1. The van der Waals surface area contributed by atoms with Crippen molar-refractivity contribution in [1.29, 1.82) is 0 Å². The van der Waals surface area contributed by atoms with Crippen molar-refractivity contribution in [3.05, 3.63) is 66.2 Å². The average molecular weight is 414 g/mol. The van der Waals surface area contributed by atoms with Gasteiger partial charge < -0.3 is 9.47 Å². The van der Waals surface area contributed by atoms with Crippen LogP contribution in [0.3, 0.4) is 0 Å². The van der Waals surface area contributed by atoms with E-state index >= 15 is 0 Å². The molecule has 2 N–H and O–H groups in total. The number of hydrazine groups is 1. The summed E-state index contributed by atoms with van der Waals surface area (Å²) in [5.41, 5.74) is 4.40. The predicted molar refractivity (Wildman–Crippen MR) is 101 cm³/mol. The number of carbonyl (C=O) groups is 2. The molecule has 1 aromatic heterocycles. The molecule has 0 fully saturated rings. The number of nitrogens with one attached hydrogen (secondary N) is 2. The minimum absolute atomic E-state index is 0.0662. The van der Waals surface area contributed by atoms with Gasteiger partial charge in [-0.25, -0.2) is 4.39 Å². The molecule has 0 spiro atoms. The number of rotatable bonds is 8. The van der Waals surface area contributed by atoms with Gasteiger partial charge in [0.1, 0.15) is 12.3 Å². The van der Waals surface area contributed by atoms with Gasteiger partial charge in [0.25, 0.3) is 11.8 Å². The van der Waals surface area contributed by atoms with E-state index in [0.29, 0.717) is 11.6 Å². The van der Waals surface area contributed by atoms with Crippen LogP contribution in [0.2, 0.25) is 0 Å². The molecule has 11 heteroatoms. The first kappa shape index (κ1) is 20.7. The summed E-state index contributed by atoms with van der Waals surface area (Å²) >= 11 is 0. The van der Waals surface area contributed by atoms with Crippen molar-refractivity contribution in [2.45, 2.75) is 26.2 Å². The topological polar surface area (TPSA) is 120 Å². The number of halogens is 1. The number of benzene rings is 2. The zero-order chi connectivity index (χ0) is 21.3. The van der Waals surface area contributed by atoms with Crippen LogP contribution in [0.25, 0.3) is 0 Å². The second-order valence-electron chi connectivity index (χ2n) is 6.07. The summed E-state index contributed by atoms with van der Waals surface area (Å²) in [5, 5.41) is 11.6. The molecule has 0 aliphatic heterocycles. The van der Waals surface area contributed by atoms with E-state index in [1.54, 1.807) is 18.2 Å². The molecule has 0 saturated carbocycles. The fraction of sp³-hybridized carbons (Fsp3) is 0.211. The molecule has 2 aromatic carbocycles. The summed E-state index contributed by atoms with van der Waals surface area (Å²) in [5.74, 6) is -0.956. The van der Waals surface area contributed by atoms with Gasteiger partial charge >= 0.3 is 0 Å². The van der Waals surface area contributed by atoms with Gasteiger partial charge in [-0.1, -0.05) is 30.3 Å². The Morgan fingerprint density at radius 2 is 1.83 bits per heavy atom. The summed E-state index contributed by atoms with van der Waals surface area (Å²) in [7, 11) is 0. The van der Waals surface area contributed by atoms with Gasteiger partial charge in [0, 0.05) is 0 Å². The maximum absolute atomic E-state index is 13.6. The normalized spacial score (nSPS) is 11.4. The van der Waals surface area contributed by atoms with Gasteiger partial charge in [0.2, 0.25) is 5.82 Å². The van der Waals surface area contributed by atoms with Crippen LogP contribution in [0.4, 0.5) is 4.39 Å². The van der Waals surface area contributed by atoms with Crippen LogP contribution in [-0.4, -0.2) is 38.1 Å². The van der Waals surface area contributed by atoms with E-state index in [-0.39, 0.29) is 18.9 Å². The van der Waals surface area contributed by atoms with E-state index in [2.05, 4.69) is 26.3 Å². The van der Waals surface area contributed by atoms with Crippen LogP contribution >= 0.6 is 0 Å². The van der Waals surface area contributed by atoms with Crippen LogP contribution in [0, 0.1) is 5.82 Å². The van der Waals surface area contributed by atoms with Crippen molar-refractivity contribution in [1.82, 2.24) is 31.1 Å². The van der Waals surface area contributed by atoms with Gasteiger partial charge in [-0.2, -0.15) is 4.80 Å². The summed E-state index contributed by atoms with van der Waals surface area (Å²) < 4.78 is 24.3. The Hall–Kier alpha value is -4.02. The van der Waals surface area contributed by atoms with Crippen LogP contribution < -0.4 is 20.3 Å². The Labute approximate surface area is 171 Å². The number of hydrogen-bond donors (Lipinski definition) is 2. The minimum Gasteiger partial charge on any atom is -0.485 e. The molecule has 0 bridgehead atoms. The molecule has 156 valence electrons. The minimum atomic E-state index is -1.03. The third-order valence-electron chi connectivity index (χ3n) is 3.73. The molecule has 0 saturated heterocycles. The van der Waals surface area contributed by atoms with Crippen LogP contribution in [0.5, 0.6) is 11.5 Å². The van der Waals surface area contributed by atoms with Gasteiger partial charge in [-0.15, -0.1) is 10.2 Å². The summed E-state index contributed by atoms with van der Waals surface area (Å²) in [6.45, 7) is 1.24. The largest absolute Gasteiger partial charge is 0.485 e. The molecular weight excluding hydrogens is 395 g/mol. The van der Waals surface area contributed by atoms with Crippen molar-refractivity contribution < 1.29 is 23.5 Å². The van der Waals surface area contributed by atoms with Gasteiger partial charge in [-0.3, -0.25) is 20.4 Å². The molecular formula is C19H19FN6O4. The third-order valence-corrected chi connectivity index (χ3v) is 3.73. The monoisotopic (exact) mass is 414 g/mol. The Morgan fingerprint density at radius 1 is 1.10 bits per heavy atom. The molecule has 10 nitrogen and oxygen atoms in total. The Morgan fingerprint density at radius 3 is 2.60 bits per heavy atom. The zero-order valence-electron chi connectivity index (χ0n) is 16.0. The van der Waals surface area contributed by atoms with Crippen LogP contribution in [-0.2, 0) is 22.7 Å². The molecule has 3 aromatic rings. The van der Waals surface area contributed by atoms with Gasteiger partial charge in [-0.05, 0) is 36.4 Å². The summed E-state index contributed by atoms with van der Waals surface area (Å²) in [6, 6.07) is 14.8. The predicted octanol–water partition coefficient (Wildman–Crippen LogP) is 1.01. The maximum Gasteiger partial charge on any atom is 0.279 e. The molecule has 30 heavy (non-hydrogen) atoms. The Balaban J connectivity index is 1.41. The van der Waals surface area contributed by atoms with Crippen molar-refractivity contribution in [2.24, 2.45) is 0 Å². The van der Waals surface area contributed by atoms with E-state index in [0.717, 1.165) is 4.80 Å². The average Bonchev–Trinajstić information content (AvgIpc) is 3.20. The highest BCUT2D eigenvalue weighted by Crippen LogP contribution is 2.16. The first-order valence-electron chi connectivity index (χ1n) is 8.95. The zero-order valence-corrected chi connectivity index (χ0v) is 16.0. The van der Waals surface area contributed by atoms with E-state index < -0.39 is 23.7 Å². The Bertz CT molecular complexity index is 997. The highest BCUT2D eigenvalue weighted by atomic mass is 19.1. The molecule has 0 unspecified atom stereocenters. The van der Waals surface area contributed by atoms with Gasteiger partial charge in [0.05, 0.1) is 0 Å². The third kappa shape index (κ3) is 5.99. The van der Waals surface area contributed by atoms with Crippen molar-refractivity contribution >= 4 is 11.8 Å². The number of para-hydroxylation sites is 2. The summed E-state index contributed by atoms with van der Waals surface area (Å²) in [6.07, 6.45) is -1.03. The molecule has 3 rings (SSSR count). The smallest absolute Gasteiger partial charge is 0.279 e. The number of aromatic nitrogens is 4. The summed E-state index contributed by atoms with van der Waals surface area (Å²) in [4.78, 5) is 25.0. The number of carbonyl (C=O) groups excluding carboxylic acids is 2. The SMILES string of the molecule is C[C@H](Oc1ccccc1F)C(=O)NNC(=O)Cn1nnc(COc2ccccc2)n1. The van der Waals surface area contributed by atoms with Crippen LogP contribution in [0.1, 0.15) is 12.7 Å². The lowest BCUT2D eigenvalue weighted by Crippen LogP contribution is -2.48. The number of nitrogens with zero attached hydrogens (tertiary/aromatic N) is 4. The molecule has 1 heterocycles. The second-order valence-corrected chi connectivity index (χ2v) is 6.07. The first-order valence-corrected chi connectivity index (χ1v) is 8.95. The fourth-order valence-corrected chi connectivity index (χ4v) is 2.25. The first-order chi connectivity index (χ1) is 14.5. The Kier molecular flexibility index (Phi) is 6.87. The molecule has 2 amide bonds. The molecule has 1 atom stereocenters. The lowest BCUT2D eigenvalue weighted by Gasteiger charge is -2.15. The molecule has 0 aliphatic carbocycles. The molecule has 0 radical (unpaired) electrons. The van der Waals surface area contributed by atoms with Crippen molar-refractivity contribution in [3.63, 3.8) is 0 Å². The van der Waals surface area contributed by atoms with Crippen molar-refractivity contribution in [3.8, 4) is 11.5 Å². The fourth-order valence-electron chi connectivity index (χ4n) is 2.25. The maximum atomic E-state index is 13.6. The quantitative estimate of drug-likeness (QED) is 0.528. The number of ether oxygens (including phenoxy) is 2. The number of hydrogen-bond acceptors (Lipinski definition) is 7. The number of tetrazole rings is 1. The van der Waals surface area contributed by atoms with E-state index in [9.17, 15) is 14.0 Å². The highest BCUT2D eigenvalue weighted by molar-refractivity contribution is 5.84. The van der Waals surface area contributed by atoms with E-state index in [1.807, 2.05) is 18.2 Å². The van der Waals surface area contributed by atoms with E-state index in [4.69, 9.17) is 9.47 Å². The van der Waals surface area contributed by atoms with E-state index in [1.165, 1.54) is 25.1 Å².